The van der Waals surface area contributed by atoms with Crippen LogP contribution in [0, 0.1) is 5.92 Å². The Labute approximate surface area is 115 Å². The minimum atomic E-state index is -0.0242. The van der Waals surface area contributed by atoms with Crippen molar-refractivity contribution in [3.63, 3.8) is 0 Å². The van der Waals surface area contributed by atoms with Crippen LogP contribution in [0.5, 0.6) is 0 Å². The Morgan fingerprint density at radius 2 is 2.00 bits per heavy atom. The van der Waals surface area contributed by atoms with E-state index in [9.17, 15) is 4.79 Å². The van der Waals surface area contributed by atoms with E-state index in [4.69, 9.17) is 0 Å². The molecular formula is C14H24N4O. The highest BCUT2D eigenvalue weighted by Crippen LogP contribution is 2.05. The molecule has 1 aromatic heterocycles. The van der Waals surface area contributed by atoms with Crippen molar-refractivity contribution in [3.05, 3.63) is 18.0 Å². The predicted molar refractivity (Wildman–Crippen MR) is 77.2 cm³/mol. The average Bonchev–Trinajstić information content (AvgIpc) is 2.42. The summed E-state index contributed by atoms with van der Waals surface area (Å²) in [5, 5.41) is 3.13. The molecule has 0 saturated heterocycles. The van der Waals surface area contributed by atoms with Gasteiger partial charge >= 0.3 is 0 Å². The monoisotopic (exact) mass is 264 g/mol. The Morgan fingerprint density at radius 1 is 1.37 bits per heavy atom. The van der Waals surface area contributed by atoms with Crippen molar-refractivity contribution in [2.75, 3.05) is 25.5 Å². The van der Waals surface area contributed by atoms with Crippen molar-refractivity contribution < 1.29 is 4.79 Å². The molecule has 1 N–H and O–H groups in total. The summed E-state index contributed by atoms with van der Waals surface area (Å²) in [4.78, 5) is 22.1. The van der Waals surface area contributed by atoms with Crippen molar-refractivity contribution in [2.45, 2.75) is 33.6 Å². The molecule has 0 unspecified atom stereocenters. The molecule has 0 bridgehead atoms. The van der Waals surface area contributed by atoms with Crippen LogP contribution in [0.25, 0.3) is 0 Å². The fraction of sp³-hybridized carbons (Fsp3) is 0.643. The molecule has 5 nitrogen and oxygen atoms in total. The lowest BCUT2D eigenvalue weighted by atomic mass is 10.2. The molecule has 0 atom stereocenters. The van der Waals surface area contributed by atoms with E-state index in [1.807, 2.05) is 7.05 Å². The first-order valence-electron chi connectivity index (χ1n) is 6.86. The van der Waals surface area contributed by atoms with E-state index in [-0.39, 0.29) is 5.91 Å². The largest absolute Gasteiger partial charge is 0.354 e. The molecule has 0 saturated carbocycles. The highest BCUT2D eigenvalue weighted by molar-refractivity contribution is 5.93. The van der Waals surface area contributed by atoms with E-state index in [2.05, 4.69) is 36.1 Å². The molecule has 0 radical (unpaired) electrons. The summed E-state index contributed by atoms with van der Waals surface area (Å²) in [7, 11) is 1.81. The molecule has 0 aliphatic rings. The average molecular weight is 264 g/mol. The first-order valence-corrected chi connectivity index (χ1v) is 6.86. The molecule has 0 aliphatic heterocycles. The van der Waals surface area contributed by atoms with Gasteiger partial charge in [-0.2, -0.15) is 0 Å². The van der Waals surface area contributed by atoms with Gasteiger partial charge in [0.25, 0.3) is 5.91 Å². The van der Waals surface area contributed by atoms with Crippen molar-refractivity contribution in [1.29, 1.82) is 0 Å². The molecular weight excluding hydrogens is 240 g/mol. The van der Waals surface area contributed by atoms with Crippen LogP contribution in [-0.4, -0.2) is 40.9 Å². The molecule has 1 rings (SSSR count). The lowest BCUT2D eigenvalue weighted by molar-refractivity contribution is 0.0792. The number of aromatic nitrogens is 2. The summed E-state index contributed by atoms with van der Waals surface area (Å²) in [5.41, 5.74) is 0.536. The Hall–Kier alpha value is -1.65. The normalized spacial score (nSPS) is 10.6. The second-order valence-electron chi connectivity index (χ2n) is 5.15. The van der Waals surface area contributed by atoms with Gasteiger partial charge in [0.1, 0.15) is 0 Å². The molecule has 106 valence electrons. The fourth-order valence-corrected chi connectivity index (χ4v) is 1.54. The molecule has 0 aromatic carbocycles. The lowest BCUT2D eigenvalue weighted by Crippen LogP contribution is -2.28. The number of carbonyl (C=O) groups is 1. The summed E-state index contributed by atoms with van der Waals surface area (Å²) < 4.78 is 0. The standard InChI is InChI=1S/C14H24N4O/c1-5-6-7-18(4)13(19)12-9-16-14(17-10-12)15-8-11(2)3/h9-11H,5-8H2,1-4H3,(H,15,16,17). The fourth-order valence-electron chi connectivity index (χ4n) is 1.54. The van der Waals surface area contributed by atoms with E-state index >= 15 is 0 Å². The van der Waals surface area contributed by atoms with Crippen LogP contribution < -0.4 is 5.32 Å². The van der Waals surface area contributed by atoms with E-state index in [1.54, 1.807) is 17.3 Å². The maximum absolute atomic E-state index is 12.1. The zero-order valence-corrected chi connectivity index (χ0v) is 12.3. The summed E-state index contributed by atoms with van der Waals surface area (Å²) in [6.45, 7) is 7.93. The molecule has 5 heteroatoms. The predicted octanol–water partition coefficient (Wildman–Crippen LogP) is 2.42. The van der Waals surface area contributed by atoms with E-state index in [0.29, 0.717) is 17.4 Å². The number of nitrogens with zero attached hydrogens (tertiary/aromatic N) is 3. The molecule has 0 fully saturated rings. The molecule has 1 heterocycles. The van der Waals surface area contributed by atoms with Crippen LogP contribution in [0.4, 0.5) is 5.95 Å². The van der Waals surface area contributed by atoms with Gasteiger partial charge in [0.2, 0.25) is 5.95 Å². The van der Waals surface area contributed by atoms with Crippen LogP contribution in [0.15, 0.2) is 12.4 Å². The summed E-state index contributed by atoms with van der Waals surface area (Å²) >= 11 is 0. The molecule has 1 amide bonds. The highest BCUT2D eigenvalue weighted by Gasteiger charge is 2.12. The number of hydrogen-bond donors (Lipinski definition) is 1. The van der Waals surface area contributed by atoms with Gasteiger partial charge in [0.05, 0.1) is 5.56 Å². The Morgan fingerprint density at radius 3 is 2.53 bits per heavy atom. The first-order chi connectivity index (χ1) is 9.04. The Balaban J connectivity index is 2.57. The Bertz CT molecular complexity index is 389. The summed E-state index contributed by atoms with van der Waals surface area (Å²) in [6, 6.07) is 0. The second kappa shape index (κ2) is 7.71. The number of hydrogen-bond acceptors (Lipinski definition) is 4. The van der Waals surface area contributed by atoms with Crippen LogP contribution in [0.1, 0.15) is 44.0 Å². The van der Waals surface area contributed by atoms with Gasteiger partial charge in [-0.1, -0.05) is 27.2 Å². The zero-order valence-electron chi connectivity index (χ0n) is 12.3. The maximum Gasteiger partial charge on any atom is 0.256 e. The number of anilines is 1. The highest BCUT2D eigenvalue weighted by atomic mass is 16.2. The van der Waals surface area contributed by atoms with Crippen molar-refractivity contribution in [1.82, 2.24) is 14.9 Å². The van der Waals surface area contributed by atoms with Crippen LogP contribution >= 0.6 is 0 Å². The van der Waals surface area contributed by atoms with Gasteiger partial charge in [0, 0.05) is 32.5 Å². The third kappa shape index (κ3) is 5.24. The summed E-state index contributed by atoms with van der Waals surface area (Å²) in [6.07, 6.45) is 5.25. The topological polar surface area (TPSA) is 58.1 Å². The Kier molecular flexibility index (Phi) is 6.25. The van der Waals surface area contributed by atoms with Gasteiger partial charge in [-0.3, -0.25) is 4.79 Å². The van der Waals surface area contributed by atoms with Crippen molar-refractivity contribution >= 4 is 11.9 Å². The quantitative estimate of drug-likeness (QED) is 0.821. The minimum absolute atomic E-state index is 0.0242. The number of nitrogens with one attached hydrogen (secondary N) is 1. The summed E-state index contributed by atoms with van der Waals surface area (Å²) in [5.74, 6) is 1.08. The smallest absolute Gasteiger partial charge is 0.256 e. The van der Waals surface area contributed by atoms with Crippen molar-refractivity contribution in [2.24, 2.45) is 5.92 Å². The molecule has 1 aromatic rings. The number of unbranched alkanes of at least 4 members (excludes halogenated alkanes) is 1. The molecule has 0 spiro atoms. The van der Waals surface area contributed by atoms with E-state index in [1.165, 1.54) is 0 Å². The van der Waals surface area contributed by atoms with Gasteiger partial charge in [-0.05, 0) is 12.3 Å². The third-order valence-electron chi connectivity index (χ3n) is 2.76. The number of amides is 1. The van der Waals surface area contributed by atoms with Gasteiger partial charge in [-0.15, -0.1) is 0 Å². The van der Waals surface area contributed by atoms with Crippen LogP contribution in [0.2, 0.25) is 0 Å². The van der Waals surface area contributed by atoms with Gasteiger partial charge in [-0.25, -0.2) is 9.97 Å². The van der Waals surface area contributed by atoms with Gasteiger partial charge < -0.3 is 10.2 Å². The van der Waals surface area contributed by atoms with E-state index < -0.39 is 0 Å². The number of carbonyl (C=O) groups excluding carboxylic acids is 1. The first kappa shape index (κ1) is 15.4. The van der Waals surface area contributed by atoms with Gasteiger partial charge in [0.15, 0.2) is 0 Å². The minimum Gasteiger partial charge on any atom is -0.354 e. The lowest BCUT2D eigenvalue weighted by Gasteiger charge is -2.16. The van der Waals surface area contributed by atoms with Crippen molar-refractivity contribution in [3.8, 4) is 0 Å². The maximum atomic E-state index is 12.1. The van der Waals surface area contributed by atoms with E-state index in [0.717, 1.165) is 25.9 Å². The number of rotatable bonds is 7. The second-order valence-corrected chi connectivity index (χ2v) is 5.15. The molecule has 19 heavy (non-hydrogen) atoms. The SMILES string of the molecule is CCCCN(C)C(=O)c1cnc(NCC(C)C)nc1. The molecule has 0 aliphatic carbocycles. The third-order valence-corrected chi connectivity index (χ3v) is 2.76. The zero-order chi connectivity index (χ0) is 14.3. The van der Waals surface area contributed by atoms with Crippen LogP contribution in [-0.2, 0) is 0 Å². The van der Waals surface area contributed by atoms with Crippen LogP contribution in [0.3, 0.4) is 0 Å².